The largest absolute Gasteiger partial charge is 0.482 e. The Bertz CT molecular complexity index is 979. The molecule has 1 aliphatic carbocycles. The summed E-state index contributed by atoms with van der Waals surface area (Å²) in [5.74, 6) is 1.15. The van der Waals surface area contributed by atoms with Gasteiger partial charge in [-0.25, -0.2) is 4.98 Å². The molecule has 2 aliphatic rings. The van der Waals surface area contributed by atoms with Crippen LogP contribution < -0.4 is 10.1 Å². The van der Waals surface area contributed by atoms with E-state index < -0.39 is 0 Å². The lowest BCUT2D eigenvalue weighted by Crippen LogP contribution is -2.25. The van der Waals surface area contributed by atoms with Crippen molar-refractivity contribution in [3.8, 4) is 17.0 Å². The van der Waals surface area contributed by atoms with Gasteiger partial charge in [-0.15, -0.1) is 5.10 Å². The summed E-state index contributed by atoms with van der Waals surface area (Å²) < 4.78 is 7.45. The van der Waals surface area contributed by atoms with Crippen molar-refractivity contribution >= 4 is 17.4 Å². The van der Waals surface area contributed by atoms with Crippen LogP contribution >= 0.6 is 0 Å². The Kier molecular flexibility index (Phi) is 2.82. The number of anilines is 1. The number of aromatic nitrogens is 4. The van der Waals surface area contributed by atoms with Gasteiger partial charge in [0, 0.05) is 17.5 Å². The van der Waals surface area contributed by atoms with Gasteiger partial charge in [-0.2, -0.15) is 5.10 Å². The third-order valence-corrected chi connectivity index (χ3v) is 4.56. The molecule has 120 valence electrons. The minimum absolute atomic E-state index is 0.0580. The van der Waals surface area contributed by atoms with E-state index in [1.165, 1.54) is 18.5 Å². The van der Waals surface area contributed by atoms with Gasteiger partial charge in [-0.3, -0.25) is 9.20 Å². The van der Waals surface area contributed by atoms with Crippen molar-refractivity contribution in [1.82, 2.24) is 19.6 Å². The molecule has 0 saturated carbocycles. The highest BCUT2D eigenvalue weighted by atomic mass is 16.5. The molecule has 0 fully saturated rings. The van der Waals surface area contributed by atoms with Gasteiger partial charge in [0.1, 0.15) is 5.75 Å². The Hall–Kier alpha value is -2.96. The number of aryl methyl sites for hydroxylation is 2. The van der Waals surface area contributed by atoms with Crippen molar-refractivity contribution in [2.75, 3.05) is 11.9 Å². The summed E-state index contributed by atoms with van der Waals surface area (Å²) in [6.07, 6.45) is 6.32. The molecule has 3 heterocycles. The molecule has 1 aromatic carbocycles. The van der Waals surface area contributed by atoms with Crippen LogP contribution in [0.15, 0.2) is 24.4 Å². The summed E-state index contributed by atoms with van der Waals surface area (Å²) in [5, 5.41) is 11.4. The zero-order valence-electron chi connectivity index (χ0n) is 13.0. The van der Waals surface area contributed by atoms with Gasteiger partial charge in [-0.05, 0) is 43.9 Å². The van der Waals surface area contributed by atoms with E-state index in [-0.39, 0.29) is 12.5 Å². The predicted molar refractivity (Wildman–Crippen MR) is 87.0 cm³/mol. The van der Waals surface area contributed by atoms with Gasteiger partial charge >= 0.3 is 0 Å². The third kappa shape index (κ3) is 2.05. The minimum Gasteiger partial charge on any atom is -0.482 e. The Morgan fingerprint density at radius 3 is 3.04 bits per heavy atom. The number of carbonyl (C=O) groups is 1. The normalized spacial score (nSPS) is 16.2. The summed E-state index contributed by atoms with van der Waals surface area (Å²) in [6, 6.07) is 5.68. The molecule has 2 aromatic heterocycles. The molecular weight excluding hydrogens is 306 g/mol. The van der Waals surface area contributed by atoms with E-state index in [0.29, 0.717) is 17.2 Å². The second-order valence-electron chi connectivity index (χ2n) is 6.14. The Balaban J connectivity index is 1.62. The monoisotopic (exact) mass is 321 g/mol. The molecule has 1 N–H and O–H groups in total. The smallest absolute Gasteiger partial charge is 0.262 e. The zero-order valence-corrected chi connectivity index (χ0v) is 13.0. The maximum Gasteiger partial charge on any atom is 0.262 e. The fraction of sp³-hybridized carbons (Fsp3) is 0.294. The molecule has 1 aliphatic heterocycles. The van der Waals surface area contributed by atoms with Gasteiger partial charge in [0.15, 0.2) is 6.61 Å². The average Bonchev–Trinajstić information content (AvgIpc) is 3.06. The quantitative estimate of drug-likeness (QED) is 0.741. The number of imidazole rings is 1. The van der Waals surface area contributed by atoms with Crippen molar-refractivity contribution in [3.63, 3.8) is 0 Å². The van der Waals surface area contributed by atoms with Crippen LogP contribution in [-0.2, 0) is 17.6 Å². The fourth-order valence-corrected chi connectivity index (χ4v) is 3.37. The standard InChI is InChI=1S/C17H15N5O2/c23-16-9-24-15-6-5-10(7-12(15)18-16)13-8-22-14-4-2-1-3-11(14)20-21-17(22)19-13/h5-8H,1-4,9H2,(H,18,23). The van der Waals surface area contributed by atoms with Crippen LogP contribution in [0.3, 0.4) is 0 Å². The van der Waals surface area contributed by atoms with Crippen LogP contribution in [0, 0.1) is 0 Å². The van der Waals surface area contributed by atoms with E-state index in [0.717, 1.165) is 29.8 Å². The molecule has 7 heteroatoms. The van der Waals surface area contributed by atoms with Crippen molar-refractivity contribution in [2.24, 2.45) is 0 Å². The maximum atomic E-state index is 11.5. The molecule has 1 amide bonds. The first kappa shape index (κ1) is 13.5. The number of nitrogens with one attached hydrogen (secondary N) is 1. The second-order valence-corrected chi connectivity index (χ2v) is 6.14. The van der Waals surface area contributed by atoms with E-state index in [1.807, 2.05) is 28.8 Å². The van der Waals surface area contributed by atoms with Crippen molar-refractivity contribution in [2.45, 2.75) is 25.7 Å². The molecule has 0 bridgehead atoms. The van der Waals surface area contributed by atoms with Crippen molar-refractivity contribution in [1.29, 1.82) is 0 Å². The first-order valence-corrected chi connectivity index (χ1v) is 8.08. The molecule has 0 unspecified atom stereocenters. The summed E-state index contributed by atoms with van der Waals surface area (Å²) in [4.78, 5) is 16.1. The number of hydrogen-bond donors (Lipinski definition) is 1. The minimum atomic E-state index is -0.144. The van der Waals surface area contributed by atoms with Crippen LogP contribution in [0.4, 0.5) is 5.69 Å². The molecule has 0 radical (unpaired) electrons. The SMILES string of the molecule is O=C1COc2ccc(-c3cn4c5c(nnc4n3)CCCC5)cc2N1. The number of rotatable bonds is 1. The first-order valence-electron chi connectivity index (χ1n) is 8.08. The van der Waals surface area contributed by atoms with E-state index in [4.69, 9.17) is 4.74 Å². The number of amides is 1. The van der Waals surface area contributed by atoms with Crippen LogP contribution in [0.2, 0.25) is 0 Å². The van der Waals surface area contributed by atoms with Gasteiger partial charge in [0.05, 0.1) is 17.1 Å². The summed E-state index contributed by atoms with van der Waals surface area (Å²) >= 11 is 0. The van der Waals surface area contributed by atoms with Crippen molar-refractivity contribution < 1.29 is 9.53 Å². The first-order chi connectivity index (χ1) is 11.8. The molecule has 7 nitrogen and oxygen atoms in total. The van der Waals surface area contributed by atoms with E-state index in [2.05, 4.69) is 20.5 Å². The number of fused-ring (bicyclic) bond motifs is 4. The Labute approximate surface area is 137 Å². The maximum absolute atomic E-state index is 11.5. The van der Waals surface area contributed by atoms with Gasteiger partial charge in [0.2, 0.25) is 0 Å². The third-order valence-electron chi connectivity index (χ3n) is 4.56. The van der Waals surface area contributed by atoms with Crippen LogP contribution in [0.25, 0.3) is 17.0 Å². The highest BCUT2D eigenvalue weighted by Crippen LogP contribution is 2.32. The highest BCUT2D eigenvalue weighted by Gasteiger charge is 2.19. The molecule has 24 heavy (non-hydrogen) atoms. The van der Waals surface area contributed by atoms with E-state index in [1.54, 1.807) is 0 Å². The lowest BCUT2D eigenvalue weighted by molar-refractivity contribution is -0.118. The van der Waals surface area contributed by atoms with Crippen LogP contribution in [0.5, 0.6) is 5.75 Å². The summed E-state index contributed by atoms with van der Waals surface area (Å²) in [5.41, 5.74) is 4.68. The molecule has 0 spiro atoms. The van der Waals surface area contributed by atoms with Gasteiger partial charge < -0.3 is 10.1 Å². The second kappa shape index (κ2) is 5.02. The van der Waals surface area contributed by atoms with Gasteiger partial charge in [0.25, 0.3) is 11.7 Å². The molecule has 3 aromatic rings. The number of benzene rings is 1. The fourth-order valence-electron chi connectivity index (χ4n) is 3.37. The number of nitrogens with zero attached hydrogens (tertiary/aromatic N) is 4. The van der Waals surface area contributed by atoms with Crippen LogP contribution in [0.1, 0.15) is 24.2 Å². The van der Waals surface area contributed by atoms with Crippen molar-refractivity contribution in [3.05, 3.63) is 35.8 Å². The van der Waals surface area contributed by atoms with E-state index >= 15 is 0 Å². The molecule has 0 atom stereocenters. The van der Waals surface area contributed by atoms with Gasteiger partial charge in [-0.1, -0.05) is 0 Å². The summed E-state index contributed by atoms with van der Waals surface area (Å²) in [7, 11) is 0. The molecular formula is C17H15N5O2. The summed E-state index contributed by atoms with van der Waals surface area (Å²) in [6.45, 7) is 0.0580. The van der Waals surface area contributed by atoms with E-state index in [9.17, 15) is 4.79 Å². The molecule has 0 saturated heterocycles. The highest BCUT2D eigenvalue weighted by molar-refractivity contribution is 5.96. The topological polar surface area (TPSA) is 81.4 Å². The number of carbonyl (C=O) groups excluding carboxylic acids is 1. The van der Waals surface area contributed by atoms with Crippen LogP contribution in [-0.4, -0.2) is 32.1 Å². The number of ether oxygens (including phenoxy) is 1. The lowest BCUT2D eigenvalue weighted by Gasteiger charge is -2.18. The lowest BCUT2D eigenvalue weighted by atomic mass is 10.0. The zero-order chi connectivity index (χ0) is 16.1. The Morgan fingerprint density at radius 1 is 1.17 bits per heavy atom. The average molecular weight is 321 g/mol. The Morgan fingerprint density at radius 2 is 2.08 bits per heavy atom. The predicted octanol–water partition coefficient (Wildman–Crippen LogP) is 2.00. The molecule has 5 rings (SSSR count). The number of hydrogen-bond acceptors (Lipinski definition) is 5.